The first-order chi connectivity index (χ1) is 15.3. The molecule has 0 spiro atoms. The van der Waals surface area contributed by atoms with Gasteiger partial charge in [-0.25, -0.2) is 9.48 Å². The summed E-state index contributed by atoms with van der Waals surface area (Å²) in [6.07, 6.45) is 2.20. The van der Waals surface area contributed by atoms with E-state index in [0.29, 0.717) is 25.0 Å². The smallest absolute Gasteiger partial charge is 0.410 e. The van der Waals surface area contributed by atoms with Crippen molar-refractivity contribution in [1.82, 2.24) is 20.0 Å². The van der Waals surface area contributed by atoms with Gasteiger partial charge in [-0.2, -0.15) is 5.10 Å². The van der Waals surface area contributed by atoms with Crippen molar-refractivity contribution >= 4 is 16.9 Å². The van der Waals surface area contributed by atoms with Gasteiger partial charge < -0.3 is 10.1 Å². The Hall–Kier alpha value is -3.19. The summed E-state index contributed by atoms with van der Waals surface area (Å²) in [5.74, 6) is 0. The van der Waals surface area contributed by atoms with Gasteiger partial charge in [0.15, 0.2) is 0 Å². The van der Waals surface area contributed by atoms with Gasteiger partial charge in [-0.1, -0.05) is 48.5 Å². The van der Waals surface area contributed by atoms with Crippen LogP contribution in [-0.4, -0.2) is 45.5 Å². The fraction of sp³-hybridized carbons (Fsp3) is 0.400. The second kappa shape index (κ2) is 9.12. The number of amides is 1. The number of fused-ring (bicyclic) bond motifs is 1. The molecular formula is C25H30N4O3. The Morgan fingerprint density at radius 3 is 2.59 bits per heavy atom. The van der Waals surface area contributed by atoms with Gasteiger partial charge in [0, 0.05) is 24.5 Å². The minimum absolute atomic E-state index is 0.0509. The monoisotopic (exact) mass is 434 g/mol. The van der Waals surface area contributed by atoms with Gasteiger partial charge in [0.25, 0.3) is 5.56 Å². The maximum absolute atomic E-state index is 12.9. The summed E-state index contributed by atoms with van der Waals surface area (Å²) in [5, 5.41) is 9.31. The summed E-state index contributed by atoms with van der Waals surface area (Å²) in [6.45, 7) is 7.23. The van der Waals surface area contributed by atoms with E-state index in [1.165, 1.54) is 4.68 Å². The average Bonchev–Trinajstić information content (AvgIpc) is 3.19. The average molecular weight is 435 g/mol. The Morgan fingerprint density at radius 1 is 1.12 bits per heavy atom. The molecule has 1 aliphatic rings. The lowest BCUT2D eigenvalue weighted by Crippen LogP contribution is -2.40. The van der Waals surface area contributed by atoms with E-state index in [-0.39, 0.29) is 23.7 Å². The van der Waals surface area contributed by atoms with Crippen LogP contribution in [0.25, 0.3) is 10.8 Å². The Labute approximate surface area is 188 Å². The number of ether oxygens (including phenoxy) is 1. The second-order valence-electron chi connectivity index (χ2n) is 9.21. The molecule has 1 amide bonds. The minimum Gasteiger partial charge on any atom is -0.444 e. The summed E-state index contributed by atoms with van der Waals surface area (Å²) in [5.41, 5.74) is 0.455. The molecule has 2 atom stereocenters. The molecule has 0 bridgehead atoms. The number of nitrogens with zero attached hydrogens (tertiary/aromatic N) is 3. The fourth-order valence-electron chi connectivity index (χ4n) is 4.16. The number of carbonyl (C=O) groups is 1. The summed E-state index contributed by atoms with van der Waals surface area (Å²) in [7, 11) is 0. The molecule has 3 aromatic rings. The van der Waals surface area contributed by atoms with Crippen molar-refractivity contribution in [2.24, 2.45) is 0 Å². The van der Waals surface area contributed by atoms with Crippen molar-refractivity contribution < 1.29 is 9.53 Å². The lowest BCUT2D eigenvalue weighted by atomic mass is 10.0. The molecule has 0 saturated carbocycles. The molecule has 2 heterocycles. The second-order valence-corrected chi connectivity index (χ2v) is 9.21. The van der Waals surface area contributed by atoms with Crippen LogP contribution in [0.15, 0.2) is 65.6 Å². The molecule has 7 heteroatoms. The number of hydrogen-bond donors (Lipinski definition) is 1. The number of hydrogen-bond acceptors (Lipinski definition) is 5. The zero-order valence-corrected chi connectivity index (χ0v) is 18.8. The molecule has 1 saturated heterocycles. The Kier molecular flexibility index (Phi) is 6.28. The van der Waals surface area contributed by atoms with Gasteiger partial charge in [0.05, 0.1) is 24.2 Å². The third-order valence-corrected chi connectivity index (χ3v) is 5.63. The maximum atomic E-state index is 12.9. The van der Waals surface area contributed by atoms with Crippen LogP contribution in [0.2, 0.25) is 0 Å². The largest absolute Gasteiger partial charge is 0.444 e. The highest BCUT2D eigenvalue weighted by molar-refractivity contribution is 5.80. The van der Waals surface area contributed by atoms with Gasteiger partial charge in [-0.15, -0.1) is 0 Å². The fourth-order valence-corrected chi connectivity index (χ4v) is 4.16. The van der Waals surface area contributed by atoms with Crippen LogP contribution in [0.3, 0.4) is 0 Å². The van der Waals surface area contributed by atoms with E-state index in [2.05, 4.69) is 10.4 Å². The molecule has 1 aromatic heterocycles. The van der Waals surface area contributed by atoms with E-state index in [9.17, 15) is 9.59 Å². The number of nitrogens with one attached hydrogen (secondary N) is 1. The highest BCUT2D eigenvalue weighted by Gasteiger charge is 2.38. The van der Waals surface area contributed by atoms with Crippen LogP contribution >= 0.6 is 0 Å². The van der Waals surface area contributed by atoms with Crippen LogP contribution in [-0.2, 0) is 11.3 Å². The number of aromatic nitrogens is 2. The first kappa shape index (κ1) is 22.0. The summed E-state index contributed by atoms with van der Waals surface area (Å²) in [4.78, 5) is 27.3. The zero-order valence-electron chi connectivity index (χ0n) is 18.8. The van der Waals surface area contributed by atoms with Gasteiger partial charge >= 0.3 is 6.09 Å². The molecule has 2 unspecified atom stereocenters. The van der Waals surface area contributed by atoms with Gasteiger partial charge in [0.1, 0.15) is 5.60 Å². The van der Waals surface area contributed by atoms with Crippen molar-refractivity contribution in [2.45, 2.75) is 51.4 Å². The van der Waals surface area contributed by atoms with Gasteiger partial charge in [0.2, 0.25) is 0 Å². The van der Waals surface area contributed by atoms with Crippen molar-refractivity contribution in [1.29, 1.82) is 0 Å². The van der Waals surface area contributed by atoms with Crippen LogP contribution in [0.5, 0.6) is 0 Å². The number of likely N-dealkylation sites (tertiary alicyclic amines) is 1. The van der Waals surface area contributed by atoms with Crippen molar-refractivity contribution in [3.63, 3.8) is 0 Å². The number of carbonyl (C=O) groups excluding carboxylic acids is 1. The van der Waals surface area contributed by atoms with Crippen molar-refractivity contribution in [2.75, 3.05) is 13.1 Å². The molecule has 168 valence electrons. The third-order valence-electron chi connectivity index (χ3n) is 5.63. The molecule has 1 aliphatic heterocycles. The molecular weight excluding hydrogens is 404 g/mol. The predicted octanol–water partition coefficient (Wildman–Crippen LogP) is 3.74. The molecule has 4 rings (SSSR count). The highest BCUT2D eigenvalue weighted by atomic mass is 16.6. The van der Waals surface area contributed by atoms with E-state index in [4.69, 9.17) is 4.74 Å². The van der Waals surface area contributed by atoms with Gasteiger partial charge in [-0.05, 0) is 38.8 Å². The van der Waals surface area contributed by atoms with E-state index in [0.717, 1.165) is 17.4 Å². The summed E-state index contributed by atoms with van der Waals surface area (Å²) in [6, 6.07) is 17.6. The SMILES string of the molecule is CC(C)(C)OC(=O)N1CC(NCCn2ncc3ccccc3c2=O)CC1c1ccccc1. The molecule has 0 aliphatic carbocycles. The Balaban J connectivity index is 1.43. The van der Waals surface area contributed by atoms with Crippen LogP contribution in [0.4, 0.5) is 4.79 Å². The normalized spacial score (nSPS) is 18.8. The molecule has 32 heavy (non-hydrogen) atoms. The van der Waals surface area contributed by atoms with Crippen LogP contribution < -0.4 is 10.9 Å². The van der Waals surface area contributed by atoms with Crippen LogP contribution in [0.1, 0.15) is 38.8 Å². The number of benzene rings is 2. The lowest BCUT2D eigenvalue weighted by molar-refractivity contribution is 0.0221. The first-order valence-electron chi connectivity index (χ1n) is 11.0. The van der Waals surface area contributed by atoms with Crippen molar-refractivity contribution in [3.8, 4) is 0 Å². The van der Waals surface area contributed by atoms with Crippen LogP contribution in [0, 0.1) is 0 Å². The minimum atomic E-state index is -0.549. The predicted molar refractivity (Wildman–Crippen MR) is 125 cm³/mol. The molecule has 0 radical (unpaired) electrons. The van der Waals surface area contributed by atoms with E-state index in [1.807, 2.05) is 75.4 Å². The van der Waals surface area contributed by atoms with E-state index < -0.39 is 5.60 Å². The maximum Gasteiger partial charge on any atom is 0.410 e. The topological polar surface area (TPSA) is 76.5 Å². The quantitative estimate of drug-likeness (QED) is 0.662. The van der Waals surface area contributed by atoms with Crippen molar-refractivity contribution in [3.05, 3.63) is 76.7 Å². The number of rotatable bonds is 5. The highest BCUT2D eigenvalue weighted by Crippen LogP contribution is 2.33. The lowest BCUT2D eigenvalue weighted by Gasteiger charge is -2.28. The molecule has 1 fully saturated rings. The standard InChI is InChI=1S/C25H30N4O3/c1-25(2,3)32-24(31)28-17-20(15-22(28)18-9-5-4-6-10-18)26-13-14-29-23(30)21-12-8-7-11-19(21)16-27-29/h4-12,16,20,22,26H,13-15,17H2,1-3H3. The molecule has 7 nitrogen and oxygen atoms in total. The Morgan fingerprint density at radius 2 is 1.84 bits per heavy atom. The molecule has 1 N–H and O–H groups in total. The summed E-state index contributed by atoms with van der Waals surface area (Å²) < 4.78 is 7.15. The zero-order chi connectivity index (χ0) is 22.7. The first-order valence-corrected chi connectivity index (χ1v) is 11.0. The third kappa shape index (κ3) is 4.99. The summed E-state index contributed by atoms with van der Waals surface area (Å²) >= 11 is 0. The van der Waals surface area contributed by atoms with E-state index >= 15 is 0 Å². The van der Waals surface area contributed by atoms with Gasteiger partial charge in [-0.3, -0.25) is 9.69 Å². The molecule has 2 aromatic carbocycles. The van der Waals surface area contributed by atoms with E-state index in [1.54, 1.807) is 11.1 Å². The Bertz CT molecular complexity index is 1140.